The van der Waals surface area contributed by atoms with E-state index in [4.69, 9.17) is 9.84 Å². The van der Waals surface area contributed by atoms with Gasteiger partial charge in [-0.15, -0.1) is 0 Å². The van der Waals surface area contributed by atoms with Gasteiger partial charge in [-0.3, -0.25) is 9.69 Å². The van der Waals surface area contributed by atoms with E-state index in [1.54, 1.807) is 16.8 Å². The zero-order valence-electron chi connectivity index (χ0n) is 15.4. The number of carbonyl (C=O) groups excluding carboxylic acids is 1. The van der Waals surface area contributed by atoms with Crippen molar-refractivity contribution in [1.82, 2.24) is 15.1 Å². The lowest BCUT2D eigenvalue weighted by Gasteiger charge is -2.35. The van der Waals surface area contributed by atoms with Gasteiger partial charge >= 0.3 is 12.0 Å². The smallest absolute Gasteiger partial charge is 0.318 e. The Labute approximate surface area is 153 Å². The standard InChI is InChI=1S/C19H27N3O4/c1-13-3-5-16-14(9-13)4-6-17(16)20-19(25)22-7-8-26-15(11-22)10-21(2)12-18(23)24/h3,5,9,15,17H,4,6-8,10-12H2,1-2H3,(H,20,25)(H,23,24). The highest BCUT2D eigenvalue weighted by Gasteiger charge is 2.29. The molecule has 2 amide bonds. The van der Waals surface area contributed by atoms with Gasteiger partial charge in [0, 0.05) is 19.6 Å². The average Bonchev–Trinajstić information content (AvgIpc) is 2.96. The van der Waals surface area contributed by atoms with Crippen molar-refractivity contribution in [3.8, 4) is 0 Å². The second-order valence-corrected chi connectivity index (χ2v) is 7.27. The van der Waals surface area contributed by atoms with Gasteiger partial charge in [0.2, 0.25) is 0 Å². The first-order valence-electron chi connectivity index (χ1n) is 9.09. The Bertz CT molecular complexity index is 679. The van der Waals surface area contributed by atoms with Crippen molar-refractivity contribution in [2.24, 2.45) is 0 Å². The van der Waals surface area contributed by atoms with E-state index < -0.39 is 5.97 Å². The predicted molar refractivity (Wildman–Crippen MR) is 97.2 cm³/mol. The van der Waals surface area contributed by atoms with Crippen LogP contribution in [0.25, 0.3) is 0 Å². The SMILES string of the molecule is Cc1ccc2c(c1)CCC2NC(=O)N1CCOC(CN(C)CC(=O)O)C1. The summed E-state index contributed by atoms with van der Waals surface area (Å²) in [5.41, 5.74) is 3.79. The van der Waals surface area contributed by atoms with E-state index in [0.29, 0.717) is 26.2 Å². The highest BCUT2D eigenvalue weighted by molar-refractivity contribution is 5.75. The lowest BCUT2D eigenvalue weighted by atomic mass is 10.1. The van der Waals surface area contributed by atoms with Gasteiger partial charge in [-0.05, 0) is 37.9 Å². The molecular weight excluding hydrogens is 334 g/mol. The highest BCUT2D eigenvalue weighted by atomic mass is 16.5. The van der Waals surface area contributed by atoms with Crippen LogP contribution in [0.1, 0.15) is 29.2 Å². The number of carboxylic acids is 1. The van der Waals surface area contributed by atoms with Gasteiger partial charge in [-0.25, -0.2) is 4.79 Å². The number of rotatable bonds is 5. The van der Waals surface area contributed by atoms with Gasteiger partial charge in [0.05, 0.1) is 25.3 Å². The first-order chi connectivity index (χ1) is 12.4. The van der Waals surface area contributed by atoms with Crippen LogP contribution in [0.5, 0.6) is 0 Å². The minimum absolute atomic E-state index is 0.0374. The molecule has 0 bridgehead atoms. The van der Waals surface area contributed by atoms with Crippen molar-refractivity contribution < 1.29 is 19.4 Å². The molecule has 0 radical (unpaired) electrons. The molecule has 142 valence electrons. The Balaban J connectivity index is 1.54. The zero-order chi connectivity index (χ0) is 18.7. The Morgan fingerprint density at radius 1 is 1.42 bits per heavy atom. The van der Waals surface area contributed by atoms with Crippen LogP contribution in [0.3, 0.4) is 0 Å². The minimum Gasteiger partial charge on any atom is -0.480 e. The largest absolute Gasteiger partial charge is 0.480 e. The van der Waals surface area contributed by atoms with Gasteiger partial charge < -0.3 is 20.1 Å². The summed E-state index contributed by atoms with van der Waals surface area (Å²) in [5, 5.41) is 12.0. The predicted octanol–water partition coefficient (Wildman–Crippen LogP) is 1.41. The van der Waals surface area contributed by atoms with Crippen LogP contribution in [0.2, 0.25) is 0 Å². The minimum atomic E-state index is -0.868. The van der Waals surface area contributed by atoms with Crippen molar-refractivity contribution in [2.45, 2.75) is 31.9 Å². The Hall–Kier alpha value is -2.12. The summed E-state index contributed by atoms with van der Waals surface area (Å²) in [6.45, 7) is 4.04. The van der Waals surface area contributed by atoms with Gasteiger partial charge in [0.25, 0.3) is 0 Å². The maximum absolute atomic E-state index is 12.7. The number of nitrogens with one attached hydrogen (secondary N) is 1. The zero-order valence-corrected chi connectivity index (χ0v) is 15.4. The molecule has 1 fully saturated rings. The Morgan fingerprint density at radius 2 is 2.23 bits per heavy atom. The number of likely N-dealkylation sites (N-methyl/N-ethyl adjacent to an activating group) is 1. The first kappa shape index (κ1) is 18.7. The number of carbonyl (C=O) groups is 2. The van der Waals surface area contributed by atoms with Crippen LogP contribution in [0, 0.1) is 6.92 Å². The van der Waals surface area contributed by atoms with E-state index in [-0.39, 0.29) is 24.7 Å². The summed E-state index contributed by atoms with van der Waals surface area (Å²) in [7, 11) is 1.74. The summed E-state index contributed by atoms with van der Waals surface area (Å²) in [6.07, 6.45) is 1.75. The van der Waals surface area contributed by atoms with Gasteiger partial charge in [0.1, 0.15) is 0 Å². The molecule has 1 aromatic rings. The first-order valence-corrected chi connectivity index (χ1v) is 9.09. The lowest BCUT2D eigenvalue weighted by molar-refractivity contribution is -0.138. The topological polar surface area (TPSA) is 82.1 Å². The molecule has 2 atom stereocenters. The number of hydrogen-bond acceptors (Lipinski definition) is 4. The number of hydrogen-bond donors (Lipinski definition) is 2. The second-order valence-electron chi connectivity index (χ2n) is 7.27. The molecular formula is C19H27N3O4. The third-order valence-corrected chi connectivity index (χ3v) is 5.02. The van der Waals surface area contributed by atoms with Crippen LogP contribution >= 0.6 is 0 Å². The Kier molecular flexibility index (Phi) is 5.78. The number of fused-ring (bicyclic) bond motifs is 1. The van der Waals surface area contributed by atoms with Crippen LogP contribution < -0.4 is 5.32 Å². The molecule has 1 aliphatic carbocycles. The Morgan fingerprint density at radius 3 is 3.00 bits per heavy atom. The molecule has 3 rings (SSSR count). The quantitative estimate of drug-likeness (QED) is 0.829. The molecule has 1 aliphatic heterocycles. The summed E-state index contributed by atoms with van der Waals surface area (Å²) in [5.74, 6) is -0.868. The van der Waals surface area contributed by atoms with Crippen molar-refractivity contribution >= 4 is 12.0 Å². The molecule has 2 unspecified atom stereocenters. The van der Waals surface area contributed by atoms with Crippen LogP contribution in [-0.2, 0) is 16.0 Å². The number of ether oxygens (including phenoxy) is 1. The van der Waals surface area contributed by atoms with Crippen LogP contribution in [-0.4, -0.2) is 72.8 Å². The van der Waals surface area contributed by atoms with E-state index >= 15 is 0 Å². The number of aliphatic carboxylic acids is 1. The maximum Gasteiger partial charge on any atom is 0.318 e. The fraction of sp³-hybridized carbons (Fsp3) is 0.579. The molecule has 0 aromatic heterocycles. The summed E-state index contributed by atoms with van der Waals surface area (Å²) in [6, 6.07) is 6.40. The van der Waals surface area contributed by atoms with Crippen LogP contribution in [0.4, 0.5) is 4.79 Å². The molecule has 1 aromatic carbocycles. The number of aryl methyl sites for hydroxylation is 2. The van der Waals surface area contributed by atoms with Crippen molar-refractivity contribution in [3.63, 3.8) is 0 Å². The van der Waals surface area contributed by atoms with Gasteiger partial charge in [-0.1, -0.05) is 23.8 Å². The van der Waals surface area contributed by atoms with Gasteiger partial charge in [0.15, 0.2) is 0 Å². The molecule has 7 heteroatoms. The molecule has 1 heterocycles. The number of morpholine rings is 1. The monoisotopic (exact) mass is 361 g/mol. The molecule has 0 spiro atoms. The van der Waals surface area contributed by atoms with E-state index in [9.17, 15) is 9.59 Å². The molecule has 26 heavy (non-hydrogen) atoms. The number of urea groups is 1. The second kappa shape index (κ2) is 8.05. The van der Waals surface area contributed by atoms with E-state index in [0.717, 1.165) is 12.8 Å². The van der Waals surface area contributed by atoms with Gasteiger partial charge in [-0.2, -0.15) is 0 Å². The fourth-order valence-electron chi connectivity index (χ4n) is 3.79. The molecule has 7 nitrogen and oxygen atoms in total. The molecule has 2 N–H and O–H groups in total. The molecule has 1 saturated heterocycles. The number of benzene rings is 1. The highest BCUT2D eigenvalue weighted by Crippen LogP contribution is 2.31. The van der Waals surface area contributed by atoms with Crippen molar-refractivity contribution in [1.29, 1.82) is 0 Å². The normalized spacial score (nSPS) is 22.3. The third-order valence-electron chi connectivity index (χ3n) is 5.02. The van der Waals surface area contributed by atoms with Crippen molar-refractivity contribution in [2.75, 3.05) is 39.8 Å². The van der Waals surface area contributed by atoms with E-state index in [1.807, 2.05) is 0 Å². The fourth-order valence-corrected chi connectivity index (χ4v) is 3.79. The molecule has 2 aliphatic rings. The molecule has 0 saturated carbocycles. The average molecular weight is 361 g/mol. The van der Waals surface area contributed by atoms with Crippen molar-refractivity contribution in [3.05, 3.63) is 34.9 Å². The summed E-state index contributed by atoms with van der Waals surface area (Å²) >= 11 is 0. The summed E-state index contributed by atoms with van der Waals surface area (Å²) in [4.78, 5) is 26.9. The lowest BCUT2D eigenvalue weighted by Crippen LogP contribution is -2.52. The van der Waals surface area contributed by atoms with E-state index in [1.165, 1.54) is 16.7 Å². The number of amides is 2. The number of nitrogens with zero attached hydrogens (tertiary/aromatic N) is 2. The maximum atomic E-state index is 12.7. The summed E-state index contributed by atoms with van der Waals surface area (Å²) < 4.78 is 5.69. The van der Waals surface area contributed by atoms with Crippen LogP contribution in [0.15, 0.2) is 18.2 Å². The third kappa shape index (κ3) is 4.53. The van der Waals surface area contributed by atoms with E-state index in [2.05, 4.69) is 30.4 Å². The number of carboxylic acid groups (broad SMARTS) is 1.